The molecule has 74 heavy (non-hydrogen) atoms. The maximum Gasteiger partial charge on any atom is 0.306 e. The van der Waals surface area contributed by atoms with Crippen LogP contribution < -0.4 is 0 Å². The zero-order valence-corrected chi connectivity index (χ0v) is 50.1. The standard InChI is InChI=1S/C69H130O5/c1-3-5-7-9-11-13-15-17-19-21-23-25-27-29-31-32-33-34-35-36-38-39-41-43-45-47-49-51-53-55-57-59-61-63-68(71)73-66-67(65-70)74-69(72)64-62-60-58-56-54-52-50-48-46-44-42-40-37-30-28-26-24-22-20-18-16-14-12-10-8-6-4-2/h16,18,22,24,28,30,67,70H,3-15,17,19-21,23,25-27,29,31-66H2,1-2H3/b18-16-,24-22-,30-28-. The molecule has 1 N–H and O–H groups in total. The van der Waals surface area contributed by atoms with Crippen LogP contribution in [0, 0.1) is 0 Å². The molecule has 0 aliphatic rings. The normalized spacial score (nSPS) is 12.3. The number of unbranched alkanes of at least 4 members (excludes halogenated alkanes) is 49. The summed E-state index contributed by atoms with van der Waals surface area (Å²) in [4.78, 5) is 24.6. The highest BCUT2D eigenvalue weighted by Gasteiger charge is 2.16. The molecule has 0 aromatic carbocycles. The van der Waals surface area contributed by atoms with E-state index >= 15 is 0 Å². The van der Waals surface area contributed by atoms with Gasteiger partial charge in [-0.3, -0.25) is 9.59 Å². The molecule has 0 saturated carbocycles. The Bertz CT molecular complexity index is 1170. The van der Waals surface area contributed by atoms with Crippen LogP contribution in [0.3, 0.4) is 0 Å². The molecular formula is C69H130O5. The molecule has 0 aliphatic heterocycles. The van der Waals surface area contributed by atoms with Crippen LogP contribution in [0.5, 0.6) is 0 Å². The van der Waals surface area contributed by atoms with Crippen LogP contribution in [0.2, 0.25) is 0 Å². The molecule has 436 valence electrons. The number of hydrogen-bond donors (Lipinski definition) is 1. The minimum Gasteiger partial charge on any atom is -0.462 e. The molecule has 0 radical (unpaired) electrons. The van der Waals surface area contributed by atoms with Crippen molar-refractivity contribution in [1.29, 1.82) is 0 Å². The summed E-state index contributed by atoms with van der Waals surface area (Å²) in [6, 6.07) is 0. The third-order valence-electron chi connectivity index (χ3n) is 15.4. The number of carbonyl (C=O) groups is 2. The first-order valence-corrected chi connectivity index (χ1v) is 33.5. The van der Waals surface area contributed by atoms with Gasteiger partial charge in [0.25, 0.3) is 0 Å². The summed E-state index contributed by atoms with van der Waals surface area (Å²) < 4.78 is 10.8. The predicted octanol–water partition coefficient (Wildman–Crippen LogP) is 23.0. The molecular weight excluding hydrogens is 909 g/mol. The van der Waals surface area contributed by atoms with Crippen LogP contribution in [0.25, 0.3) is 0 Å². The third-order valence-corrected chi connectivity index (χ3v) is 15.4. The van der Waals surface area contributed by atoms with Gasteiger partial charge in [0.15, 0.2) is 6.10 Å². The lowest BCUT2D eigenvalue weighted by Gasteiger charge is -2.15. The third kappa shape index (κ3) is 62.7. The minimum atomic E-state index is -0.772. The van der Waals surface area contributed by atoms with E-state index in [0.29, 0.717) is 12.8 Å². The molecule has 5 heteroatoms. The second-order valence-corrected chi connectivity index (χ2v) is 22.9. The maximum absolute atomic E-state index is 12.3. The van der Waals surface area contributed by atoms with Gasteiger partial charge in [-0.2, -0.15) is 0 Å². The largest absolute Gasteiger partial charge is 0.462 e. The van der Waals surface area contributed by atoms with Crippen LogP contribution in [0.4, 0.5) is 0 Å². The second kappa shape index (κ2) is 65.4. The Morgan fingerprint density at radius 1 is 0.311 bits per heavy atom. The Hall–Kier alpha value is -1.88. The number of aliphatic hydroxyl groups excluding tert-OH is 1. The van der Waals surface area contributed by atoms with E-state index in [2.05, 4.69) is 50.3 Å². The van der Waals surface area contributed by atoms with Gasteiger partial charge < -0.3 is 14.6 Å². The lowest BCUT2D eigenvalue weighted by molar-refractivity contribution is -0.161. The summed E-state index contributed by atoms with van der Waals surface area (Å²) in [6.07, 6.45) is 86.0. The Morgan fingerprint density at radius 2 is 0.541 bits per heavy atom. The number of carbonyl (C=O) groups excluding carboxylic acids is 2. The highest BCUT2D eigenvalue weighted by Crippen LogP contribution is 2.19. The molecule has 0 bridgehead atoms. The summed E-state index contributed by atoms with van der Waals surface area (Å²) in [5, 5.41) is 9.69. The van der Waals surface area contributed by atoms with Crippen molar-refractivity contribution in [3.63, 3.8) is 0 Å². The van der Waals surface area contributed by atoms with Gasteiger partial charge in [0, 0.05) is 12.8 Å². The molecule has 0 amide bonds. The monoisotopic (exact) mass is 1040 g/mol. The molecule has 0 rings (SSSR count). The van der Waals surface area contributed by atoms with E-state index in [9.17, 15) is 14.7 Å². The minimum absolute atomic E-state index is 0.0614. The van der Waals surface area contributed by atoms with E-state index in [4.69, 9.17) is 9.47 Å². The Labute approximate surface area is 463 Å². The molecule has 1 unspecified atom stereocenters. The van der Waals surface area contributed by atoms with Crippen molar-refractivity contribution in [2.24, 2.45) is 0 Å². The number of hydrogen-bond acceptors (Lipinski definition) is 5. The van der Waals surface area contributed by atoms with E-state index < -0.39 is 6.10 Å². The van der Waals surface area contributed by atoms with E-state index in [0.717, 1.165) is 44.9 Å². The summed E-state index contributed by atoms with van der Waals surface area (Å²) >= 11 is 0. The van der Waals surface area contributed by atoms with E-state index in [1.54, 1.807) is 0 Å². The van der Waals surface area contributed by atoms with Crippen LogP contribution in [0.15, 0.2) is 36.5 Å². The number of allylic oxidation sites excluding steroid dienone is 6. The molecule has 0 aliphatic carbocycles. The first-order valence-electron chi connectivity index (χ1n) is 33.5. The average molecular weight is 1040 g/mol. The van der Waals surface area contributed by atoms with Crippen molar-refractivity contribution < 1.29 is 24.2 Å². The second-order valence-electron chi connectivity index (χ2n) is 22.9. The molecule has 0 heterocycles. The molecule has 1 atom stereocenters. The van der Waals surface area contributed by atoms with Gasteiger partial charge in [-0.05, 0) is 51.4 Å². The van der Waals surface area contributed by atoms with Gasteiger partial charge >= 0.3 is 11.9 Å². The van der Waals surface area contributed by atoms with Crippen molar-refractivity contribution in [1.82, 2.24) is 0 Å². The SMILES string of the molecule is CCCCCCC/C=C\C/C=C\C/C=C\CCCCCCCCCCCCCCC(=O)OC(CO)COC(=O)CCCCCCCCCCCCCCCCCCCCCCCCCCCCCCCCCCC. The highest BCUT2D eigenvalue weighted by atomic mass is 16.6. The van der Waals surface area contributed by atoms with E-state index in [1.807, 2.05) is 0 Å². The fourth-order valence-corrected chi connectivity index (χ4v) is 10.4. The number of ether oxygens (including phenoxy) is 2. The van der Waals surface area contributed by atoms with Crippen LogP contribution in [-0.4, -0.2) is 36.4 Å². The van der Waals surface area contributed by atoms with Gasteiger partial charge in [-0.25, -0.2) is 0 Å². The summed E-state index contributed by atoms with van der Waals surface area (Å²) in [6.45, 7) is 4.19. The predicted molar refractivity (Wildman–Crippen MR) is 325 cm³/mol. The van der Waals surface area contributed by atoms with Crippen LogP contribution in [0.1, 0.15) is 373 Å². The fourth-order valence-electron chi connectivity index (χ4n) is 10.4. The van der Waals surface area contributed by atoms with E-state index in [1.165, 1.54) is 302 Å². The van der Waals surface area contributed by atoms with Crippen molar-refractivity contribution in [3.8, 4) is 0 Å². The van der Waals surface area contributed by atoms with Crippen molar-refractivity contribution in [2.75, 3.05) is 13.2 Å². The lowest BCUT2D eigenvalue weighted by Crippen LogP contribution is -2.28. The molecule has 5 nitrogen and oxygen atoms in total. The topological polar surface area (TPSA) is 72.8 Å². The molecule has 0 spiro atoms. The van der Waals surface area contributed by atoms with Gasteiger partial charge in [0.2, 0.25) is 0 Å². The molecule has 0 saturated heterocycles. The van der Waals surface area contributed by atoms with Crippen molar-refractivity contribution >= 4 is 11.9 Å². The fraction of sp³-hybridized carbons (Fsp3) is 0.884. The Kier molecular flexibility index (Phi) is 63.7. The number of esters is 2. The number of rotatable bonds is 63. The average Bonchev–Trinajstić information content (AvgIpc) is 3.40. The summed E-state index contributed by atoms with van der Waals surface area (Å²) in [7, 11) is 0. The Morgan fingerprint density at radius 3 is 0.811 bits per heavy atom. The Balaban J connectivity index is 3.40. The molecule has 0 fully saturated rings. The smallest absolute Gasteiger partial charge is 0.306 e. The molecule has 0 aromatic heterocycles. The zero-order valence-electron chi connectivity index (χ0n) is 50.1. The highest BCUT2D eigenvalue weighted by molar-refractivity contribution is 5.70. The van der Waals surface area contributed by atoms with Crippen molar-refractivity contribution in [3.05, 3.63) is 36.5 Å². The zero-order chi connectivity index (χ0) is 53.4. The van der Waals surface area contributed by atoms with Gasteiger partial charge in [-0.15, -0.1) is 0 Å². The van der Waals surface area contributed by atoms with Gasteiger partial charge in [0.1, 0.15) is 6.61 Å². The molecule has 0 aromatic rings. The maximum atomic E-state index is 12.3. The van der Waals surface area contributed by atoms with Crippen LogP contribution in [-0.2, 0) is 19.1 Å². The van der Waals surface area contributed by atoms with Gasteiger partial charge in [-0.1, -0.05) is 346 Å². The lowest BCUT2D eigenvalue weighted by atomic mass is 10.0. The van der Waals surface area contributed by atoms with Crippen LogP contribution >= 0.6 is 0 Å². The van der Waals surface area contributed by atoms with Gasteiger partial charge in [0.05, 0.1) is 6.61 Å². The summed E-state index contributed by atoms with van der Waals surface area (Å²) in [5.74, 6) is -0.572. The first-order chi connectivity index (χ1) is 36.6. The van der Waals surface area contributed by atoms with E-state index in [-0.39, 0.29) is 25.2 Å². The van der Waals surface area contributed by atoms with Crippen molar-refractivity contribution in [2.45, 2.75) is 380 Å². The number of aliphatic hydroxyl groups is 1. The summed E-state index contributed by atoms with van der Waals surface area (Å²) in [5.41, 5.74) is 0. The first kappa shape index (κ1) is 72.1. The quantitative estimate of drug-likeness (QED) is 0.0373.